The molecule has 0 spiro atoms. The second-order valence-electron chi connectivity index (χ2n) is 9.01. The van der Waals surface area contributed by atoms with Crippen LogP contribution in [0.15, 0.2) is 97.1 Å². The Labute approximate surface area is 217 Å². The summed E-state index contributed by atoms with van der Waals surface area (Å²) in [6.45, 7) is -0.887. The van der Waals surface area contributed by atoms with E-state index in [-0.39, 0.29) is 0 Å². The van der Waals surface area contributed by atoms with E-state index in [0.29, 0.717) is 11.5 Å². The molecule has 0 aliphatic heterocycles. The van der Waals surface area contributed by atoms with Crippen LogP contribution in [0.1, 0.15) is 0 Å². The first kappa shape index (κ1) is 23.3. The van der Waals surface area contributed by atoms with Crippen molar-refractivity contribution < 1.29 is 29.3 Å². The van der Waals surface area contributed by atoms with Gasteiger partial charge in [-0.25, -0.2) is 9.59 Å². The second kappa shape index (κ2) is 9.41. The molecule has 0 bridgehead atoms. The lowest BCUT2D eigenvalue weighted by Crippen LogP contribution is -2.09. The zero-order valence-electron chi connectivity index (χ0n) is 20.2. The van der Waals surface area contributed by atoms with Crippen molar-refractivity contribution >= 4 is 55.0 Å². The first-order chi connectivity index (χ1) is 18.5. The summed E-state index contributed by atoms with van der Waals surface area (Å²) >= 11 is 0. The predicted octanol–water partition coefficient (Wildman–Crippen LogP) is 6.89. The van der Waals surface area contributed by atoms with Gasteiger partial charge in [-0.1, -0.05) is 84.9 Å². The Kier molecular flexibility index (Phi) is 5.77. The van der Waals surface area contributed by atoms with Crippen molar-refractivity contribution in [2.45, 2.75) is 0 Å². The Bertz CT molecular complexity index is 1750. The highest BCUT2D eigenvalue weighted by molar-refractivity contribution is 6.22. The average Bonchev–Trinajstić information content (AvgIpc) is 2.93. The molecule has 6 rings (SSSR count). The van der Waals surface area contributed by atoms with Crippen LogP contribution in [0.3, 0.4) is 0 Å². The maximum absolute atomic E-state index is 11.3. The first-order valence-electron chi connectivity index (χ1n) is 12.1. The van der Waals surface area contributed by atoms with Gasteiger partial charge in [0, 0.05) is 21.5 Å². The van der Waals surface area contributed by atoms with Crippen LogP contribution < -0.4 is 9.47 Å². The van der Waals surface area contributed by atoms with E-state index in [2.05, 4.69) is 0 Å². The van der Waals surface area contributed by atoms with E-state index in [4.69, 9.17) is 9.47 Å². The van der Waals surface area contributed by atoms with Crippen LogP contribution in [0.4, 0.5) is 0 Å². The van der Waals surface area contributed by atoms with Crippen LogP contribution in [0.5, 0.6) is 11.5 Å². The molecule has 0 heterocycles. The number of benzene rings is 6. The summed E-state index contributed by atoms with van der Waals surface area (Å²) < 4.78 is 11.5. The van der Waals surface area contributed by atoms with Gasteiger partial charge in [0.05, 0.1) is 0 Å². The van der Waals surface area contributed by atoms with Gasteiger partial charge in [-0.15, -0.1) is 0 Å². The molecular weight excluding hydrogens is 480 g/mol. The topological polar surface area (TPSA) is 93.1 Å². The summed E-state index contributed by atoms with van der Waals surface area (Å²) in [5.41, 5.74) is 1.90. The maximum Gasteiger partial charge on any atom is 0.341 e. The molecule has 6 aromatic carbocycles. The summed E-state index contributed by atoms with van der Waals surface area (Å²) in [5, 5.41) is 25.9. The monoisotopic (exact) mass is 502 g/mol. The van der Waals surface area contributed by atoms with Crippen molar-refractivity contribution in [2.24, 2.45) is 0 Å². The molecule has 0 saturated heterocycles. The van der Waals surface area contributed by atoms with Crippen LogP contribution in [-0.4, -0.2) is 35.4 Å². The number of ether oxygens (including phenoxy) is 2. The zero-order valence-corrected chi connectivity index (χ0v) is 20.2. The van der Waals surface area contributed by atoms with Gasteiger partial charge in [0.2, 0.25) is 0 Å². The molecule has 0 unspecified atom stereocenters. The summed E-state index contributed by atoms with van der Waals surface area (Å²) in [6.07, 6.45) is 0. The minimum atomic E-state index is -1.04. The molecule has 0 fully saturated rings. The highest BCUT2D eigenvalue weighted by Gasteiger charge is 2.18. The van der Waals surface area contributed by atoms with Crippen molar-refractivity contribution in [3.8, 4) is 22.6 Å². The van der Waals surface area contributed by atoms with Gasteiger partial charge in [0.15, 0.2) is 13.2 Å². The highest BCUT2D eigenvalue weighted by atomic mass is 16.5. The number of hydrogen-bond donors (Lipinski definition) is 2. The molecule has 2 N–H and O–H groups in total. The Balaban J connectivity index is 1.72. The highest BCUT2D eigenvalue weighted by Crippen LogP contribution is 2.44. The number of carbonyl (C=O) groups is 2. The van der Waals surface area contributed by atoms with Gasteiger partial charge in [0.1, 0.15) is 11.5 Å². The fourth-order valence-corrected chi connectivity index (χ4v) is 5.20. The molecule has 6 heteroatoms. The molecule has 0 atom stereocenters. The second-order valence-corrected chi connectivity index (χ2v) is 9.01. The standard InChI is InChI=1S/C32H22O6/c33-29(34)17-37-27-15-19-7-1-3-9-21(19)31-23(11-5-13-25(27)31)24-12-6-14-26-28(38-18-30(35)36)16-20-8-2-4-10-22(20)32(24)26/h1-16H,17-18H2,(H,33,34)(H,35,36). The Hall–Kier alpha value is -5.10. The third-order valence-corrected chi connectivity index (χ3v) is 6.69. The molecule has 0 aliphatic carbocycles. The molecule has 0 aromatic heterocycles. The number of carboxylic acid groups (broad SMARTS) is 2. The number of hydrogen-bond acceptors (Lipinski definition) is 4. The molecule has 0 saturated carbocycles. The molecule has 0 amide bonds. The van der Waals surface area contributed by atoms with Crippen LogP contribution in [-0.2, 0) is 9.59 Å². The molecule has 6 aromatic rings. The maximum atomic E-state index is 11.3. The van der Waals surface area contributed by atoms with Crippen LogP contribution in [0.25, 0.3) is 54.2 Å². The minimum Gasteiger partial charge on any atom is -0.481 e. The molecule has 186 valence electrons. The lowest BCUT2D eigenvalue weighted by Gasteiger charge is -2.18. The molecule has 6 nitrogen and oxygen atoms in total. The van der Waals surface area contributed by atoms with Crippen molar-refractivity contribution in [1.29, 1.82) is 0 Å². The fourth-order valence-electron chi connectivity index (χ4n) is 5.20. The van der Waals surface area contributed by atoms with E-state index in [1.807, 2.05) is 97.1 Å². The van der Waals surface area contributed by atoms with E-state index in [1.54, 1.807) is 0 Å². The van der Waals surface area contributed by atoms with E-state index < -0.39 is 25.2 Å². The first-order valence-corrected chi connectivity index (χ1v) is 12.1. The van der Waals surface area contributed by atoms with Gasteiger partial charge >= 0.3 is 11.9 Å². The third-order valence-electron chi connectivity index (χ3n) is 6.69. The van der Waals surface area contributed by atoms with Crippen LogP contribution in [0, 0.1) is 0 Å². The number of carboxylic acids is 2. The van der Waals surface area contributed by atoms with Gasteiger partial charge in [-0.05, 0) is 44.8 Å². The largest absolute Gasteiger partial charge is 0.481 e. The lowest BCUT2D eigenvalue weighted by molar-refractivity contribution is -0.140. The number of aliphatic carboxylic acids is 2. The molecule has 0 aliphatic rings. The van der Waals surface area contributed by atoms with Gasteiger partial charge in [-0.3, -0.25) is 0 Å². The summed E-state index contributed by atoms with van der Waals surface area (Å²) in [5.74, 6) is -1.09. The van der Waals surface area contributed by atoms with Crippen LogP contribution >= 0.6 is 0 Å². The Morgan fingerprint density at radius 1 is 0.526 bits per heavy atom. The third kappa shape index (κ3) is 4.02. The van der Waals surface area contributed by atoms with Gasteiger partial charge < -0.3 is 19.7 Å². The zero-order chi connectivity index (χ0) is 26.2. The van der Waals surface area contributed by atoms with Crippen molar-refractivity contribution in [3.63, 3.8) is 0 Å². The molecule has 38 heavy (non-hydrogen) atoms. The van der Waals surface area contributed by atoms with E-state index in [9.17, 15) is 19.8 Å². The van der Waals surface area contributed by atoms with E-state index in [1.165, 1.54) is 0 Å². The quantitative estimate of drug-likeness (QED) is 0.231. The molecule has 0 radical (unpaired) electrons. The van der Waals surface area contributed by atoms with Crippen LogP contribution in [0.2, 0.25) is 0 Å². The lowest BCUT2D eigenvalue weighted by atomic mass is 9.88. The van der Waals surface area contributed by atoms with Crippen molar-refractivity contribution in [3.05, 3.63) is 97.1 Å². The fraction of sp³-hybridized carbons (Fsp3) is 0.0625. The number of rotatable bonds is 7. The van der Waals surface area contributed by atoms with Gasteiger partial charge in [-0.2, -0.15) is 0 Å². The SMILES string of the molecule is O=C(O)COc1cc2ccccc2c2c(-c3cccc4c(OCC(=O)O)cc5ccccc5c34)cccc12. The number of fused-ring (bicyclic) bond motifs is 6. The predicted molar refractivity (Wildman–Crippen MR) is 148 cm³/mol. The average molecular weight is 503 g/mol. The Morgan fingerprint density at radius 2 is 0.921 bits per heavy atom. The van der Waals surface area contributed by atoms with Crippen molar-refractivity contribution in [2.75, 3.05) is 13.2 Å². The summed E-state index contributed by atoms with van der Waals surface area (Å²) in [4.78, 5) is 22.6. The van der Waals surface area contributed by atoms with E-state index in [0.717, 1.165) is 54.2 Å². The Morgan fingerprint density at radius 3 is 1.34 bits per heavy atom. The van der Waals surface area contributed by atoms with E-state index >= 15 is 0 Å². The van der Waals surface area contributed by atoms with Gasteiger partial charge in [0.25, 0.3) is 0 Å². The normalized spacial score (nSPS) is 11.3. The summed E-state index contributed by atoms with van der Waals surface area (Å²) in [7, 11) is 0. The smallest absolute Gasteiger partial charge is 0.341 e. The summed E-state index contributed by atoms with van der Waals surface area (Å²) in [6, 6.07) is 31.5. The van der Waals surface area contributed by atoms with Crippen molar-refractivity contribution in [1.82, 2.24) is 0 Å². The minimum absolute atomic E-state index is 0.444. The molecular formula is C32H22O6.